The van der Waals surface area contributed by atoms with E-state index in [0.29, 0.717) is 22.7 Å². The van der Waals surface area contributed by atoms with Crippen molar-refractivity contribution in [1.82, 2.24) is 0 Å². The minimum Gasteiger partial charge on any atom is -0.620 e. The first-order valence-corrected chi connectivity index (χ1v) is 7.45. The highest BCUT2D eigenvalue weighted by atomic mass is 35.5. The lowest BCUT2D eigenvalue weighted by atomic mass is 10.2. The molecule has 1 aromatic carbocycles. The fourth-order valence-corrected chi connectivity index (χ4v) is 3.80. The zero-order chi connectivity index (χ0) is 13.2. The van der Waals surface area contributed by atoms with Crippen LogP contribution in [0.4, 0.5) is 0 Å². The number of benzene rings is 1. The SMILES string of the molecule is CCO[P+]1([O-])OC(COC)=Cc2ccc(Cl)cc21. The lowest BCUT2D eigenvalue weighted by molar-refractivity contribution is -0.210. The zero-order valence-corrected chi connectivity index (χ0v) is 11.8. The predicted molar refractivity (Wildman–Crippen MR) is 70.6 cm³/mol. The molecule has 0 amide bonds. The molecule has 0 spiro atoms. The van der Waals surface area contributed by atoms with Gasteiger partial charge in [-0.1, -0.05) is 11.6 Å². The largest absolute Gasteiger partial charge is 0.620 e. The first-order chi connectivity index (χ1) is 8.59. The molecule has 0 saturated heterocycles. The summed E-state index contributed by atoms with van der Waals surface area (Å²) in [6.45, 7) is 2.31. The standard InChI is InChI=1S/C12H14ClO4P/c1-3-16-18(14)12-7-10(13)5-4-9(12)6-11(17-18)8-15-2/h4-7H,3,8H2,1-2H3. The molecule has 0 bridgehead atoms. The Balaban J connectivity index is 2.47. The average molecular weight is 289 g/mol. The Morgan fingerprint density at radius 3 is 2.89 bits per heavy atom. The number of methoxy groups -OCH3 is 1. The third-order valence-corrected chi connectivity index (χ3v) is 4.71. The molecule has 2 rings (SSSR count). The summed E-state index contributed by atoms with van der Waals surface area (Å²) >= 11 is 5.92. The lowest BCUT2D eigenvalue weighted by Crippen LogP contribution is -2.31. The number of ether oxygens (including phenoxy) is 1. The maximum Gasteiger partial charge on any atom is 0.318 e. The predicted octanol–water partition coefficient (Wildman–Crippen LogP) is 2.14. The molecule has 98 valence electrons. The van der Waals surface area contributed by atoms with Gasteiger partial charge in [0.05, 0.1) is 6.61 Å². The van der Waals surface area contributed by atoms with Gasteiger partial charge in [0.2, 0.25) is 0 Å². The smallest absolute Gasteiger partial charge is 0.318 e. The summed E-state index contributed by atoms with van der Waals surface area (Å²) in [5, 5.41) is 0.998. The van der Waals surface area contributed by atoms with Gasteiger partial charge >= 0.3 is 7.94 Å². The van der Waals surface area contributed by atoms with E-state index in [2.05, 4.69) is 0 Å². The molecule has 6 heteroatoms. The van der Waals surface area contributed by atoms with Crippen molar-refractivity contribution in [3.63, 3.8) is 0 Å². The van der Waals surface area contributed by atoms with Crippen LogP contribution in [0, 0.1) is 0 Å². The molecule has 1 aliphatic rings. The van der Waals surface area contributed by atoms with Crippen molar-refractivity contribution in [1.29, 1.82) is 0 Å². The fraction of sp³-hybridized carbons (Fsp3) is 0.333. The van der Waals surface area contributed by atoms with Crippen LogP contribution in [0.15, 0.2) is 24.0 Å². The van der Waals surface area contributed by atoms with E-state index >= 15 is 0 Å². The van der Waals surface area contributed by atoms with E-state index in [0.717, 1.165) is 5.56 Å². The van der Waals surface area contributed by atoms with E-state index in [1.165, 1.54) is 0 Å². The monoisotopic (exact) mass is 288 g/mol. The van der Waals surface area contributed by atoms with Crippen LogP contribution in [0.25, 0.3) is 6.08 Å². The van der Waals surface area contributed by atoms with Crippen LogP contribution < -0.4 is 10.2 Å². The number of halogens is 1. The van der Waals surface area contributed by atoms with Gasteiger partial charge < -0.3 is 14.2 Å². The molecule has 1 unspecified atom stereocenters. The number of hydrogen-bond donors (Lipinski definition) is 0. The van der Waals surface area contributed by atoms with Gasteiger partial charge in [0.1, 0.15) is 6.61 Å². The molecule has 18 heavy (non-hydrogen) atoms. The maximum absolute atomic E-state index is 12.7. The number of fused-ring (bicyclic) bond motifs is 1. The first kappa shape index (κ1) is 13.8. The molecule has 0 N–H and O–H groups in total. The van der Waals surface area contributed by atoms with Crippen LogP contribution in [0.1, 0.15) is 12.5 Å². The van der Waals surface area contributed by atoms with Gasteiger partial charge in [-0.25, -0.2) is 0 Å². The molecule has 1 aromatic rings. The molecule has 4 nitrogen and oxygen atoms in total. The zero-order valence-electron chi connectivity index (χ0n) is 10.2. The third kappa shape index (κ3) is 2.68. The fourth-order valence-electron chi connectivity index (χ4n) is 1.76. The van der Waals surface area contributed by atoms with E-state index in [4.69, 9.17) is 25.4 Å². The van der Waals surface area contributed by atoms with Crippen LogP contribution in [0.2, 0.25) is 5.02 Å². The second-order valence-corrected chi connectivity index (χ2v) is 6.11. The van der Waals surface area contributed by atoms with E-state index in [1.54, 1.807) is 38.3 Å². The normalized spacial score (nSPS) is 22.1. The number of rotatable bonds is 4. The summed E-state index contributed by atoms with van der Waals surface area (Å²) in [6, 6.07) is 5.15. The van der Waals surface area contributed by atoms with Crippen LogP contribution in [0.5, 0.6) is 0 Å². The molecule has 0 radical (unpaired) electrons. The van der Waals surface area contributed by atoms with Gasteiger partial charge in [0.25, 0.3) is 0 Å². The third-order valence-electron chi connectivity index (χ3n) is 2.43. The van der Waals surface area contributed by atoms with Crippen molar-refractivity contribution < 1.29 is 18.7 Å². The Morgan fingerprint density at radius 2 is 2.22 bits per heavy atom. The molecule has 0 aliphatic carbocycles. The van der Waals surface area contributed by atoms with E-state index < -0.39 is 7.94 Å². The van der Waals surface area contributed by atoms with Crippen molar-refractivity contribution in [2.24, 2.45) is 0 Å². The molecule has 1 aliphatic heterocycles. The Morgan fingerprint density at radius 1 is 1.44 bits per heavy atom. The van der Waals surface area contributed by atoms with Crippen molar-refractivity contribution in [3.8, 4) is 0 Å². The lowest BCUT2D eigenvalue weighted by Gasteiger charge is -2.31. The average Bonchev–Trinajstić information content (AvgIpc) is 2.31. The van der Waals surface area contributed by atoms with Crippen molar-refractivity contribution >= 4 is 30.9 Å². The van der Waals surface area contributed by atoms with Crippen molar-refractivity contribution in [2.45, 2.75) is 6.92 Å². The highest BCUT2D eigenvalue weighted by Crippen LogP contribution is 2.56. The van der Waals surface area contributed by atoms with E-state index in [-0.39, 0.29) is 6.61 Å². The van der Waals surface area contributed by atoms with E-state index in [9.17, 15) is 4.89 Å². The molecule has 0 saturated carbocycles. The van der Waals surface area contributed by atoms with Crippen molar-refractivity contribution in [3.05, 3.63) is 34.5 Å². The van der Waals surface area contributed by atoms with Crippen LogP contribution >= 0.6 is 19.5 Å². The summed E-state index contributed by atoms with van der Waals surface area (Å²) in [6.07, 6.45) is 1.78. The van der Waals surface area contributed by atoms with Crippen LogP contribution in [-0.2, 0) is 13.8 Å². The van der Waals surface area contributed by atoms with Crippen LogP contribution in [0.3, 0.4) is 0 Å². The maximum atomic E-state index is 12.7. The van der Waals surface area contributed by atoms with Crippen LogP contribution in [-0.4, -0.2) is 20.3 Å². The highest BCUT2D eigenvalue weighted by molar-refractivity contribution is 7.67. The van der Waals surface area contributed by atoms with Gasteiger partial charge in [-0.05, 0) is 25.1 Å². The Labute approximate surface area is 112 Å². The van der Waals surface area contributed by atoms with Crippen molar-refractivity contribution in [2.75, 3.05) is 20.3 Å². The topological polar surface area (TPSA) is 50.8 Å². The highest BCUT2D eigenvalue weighted by Gasteiger charge is 2.41. The summed E-state index contributed by atoms with van der Waals surface area (Å²) in [4.78, 5) is 12.7. The Kier molecular flexibility index (Phi) is 4.25. The Hall–Kier alpha value is -0.640. The molecule has 0 fully saturated rings. The molecule has 1 atom stereocenters. The van der Waals surface area contributed by atoms with E-state index in [1.807, 2.05) is 0 Å². The minimum absolute atomic E-state index is 0.249. The molecular formula is C12H14ClO4P. The molecular weight excluding hydrogens is 275 g/mol. The minimum atomic E-state index is -3.35. The molecule has 1 heterocycles. The molecule has 0 aromatic heterocycles. The second-order valence-electron chi connectivity index (χ2n) is 3.75. The van der Waals surface area contributed by atoms with Gasteiger partial charge in [-0.15, -0.1) is 0 Å². The summed E-state index contributed by atoms with van der Waals surface area (Å²) in [5.74, 6) is 0.490. The van der Waals surface area contributed by atoms with Gasteiger partial charge in [0, 0.05) is 23.8 Å². The summed E-state index contributed by atoms with van der Waals surface area (Å²) < 4.78 is 15.7. The van der Waals surface area contributed by atoms with Gasteiger partial charge in [0.15, 0.2) is 11.1 Å². The quantitative estimate of drug-likeness (QED) is 0.797. The summed E-state index contributed by atoms with van der Waals surface area (Å²) in [7, 11) is -1.80. The van der Waals surface area contributed by atoms with Gasteiger partial charge in [-0.2, -0.15) is 4.52 Å². The Bertz CT molecular complexity index is 477. The second kappa shape index (κ2) is 5.55. The van der Waals surface area contributed by atoms with Gasteiger partial charge in [-0.3, -0.25) is 0 Å². The summed E-state index contributed by atoms with van der Waals surface area (Å²) in [5.41, 5.74) is 0.787. The number of hydrogen-bond acceptors (Lipinski definition) is 4. The first-order valence-electron chi connectivity index (χ1n) is 5.53.